The molecule has 2 aliphatic rings. The molecule has 0 aromatic heterocycles. The van der Waals surface area contributed by atoms with E-state index in [-0.39, 0.29) is 43.2 Å². The van der Waals surface area contributed by atoms with Gasteiger partial charge in [0.15, 0.2) is 12.4 Å². The molecule has 0 unspecified atom stereocenters. The number of rotatable bonds is 5. The number of hydrogen-bond acceptors (Lipinski definition) is 4. The van der Waals surface area contributed by atoms with Gasteiger partial charge in [-0.15, -0.1) is 0 Å². The van der Waals surface area contributed by atoms with Gasteiger partial charge in [-0.2, -0.15) is 0 Å². The minimum Gasteiger partial charge on any atom is -0.482 e. The standard InChI is InChI=1S/C19H24N2O4/c1-13(22)14-7-8-17-16(11-14)21(19(24)12-25-17)10-9-18(23)20-15-5-3-2-4-6-15/h7-8,11,15H,2-6,9-10,12H2,1H3,(H,20,23). The third-order valence-corrected chi connectivity index (χ3v) is 4.84. The van der Waals surface area contributed by atoms with E-state index in [0.29, 0.717) is 17.0 Å². The first-order valence-corrected chi connectivity index (χ1v) is 8.92. The van der Waals surface area contributed by atoms with Crippen LogP contribution in [0.5, 0.6) is 5.75 Å². The van der Waals surface area contributed by atoms with Crippen molar-refractivity contribution in [1.82, 2.24) is 5.32 Å². The predicted molar refractivity (Wildman–Crippen MR) is 93.9 cm³/mol. The maximum absolute atomic E-state index is 12.2. The van der Waals surface area contributed by atoms with E-state index in [0.717, 1.165) is 25.7 Å². The Bertz CT molecular complexity index is 680. The number of amides is 2. The zero-order valence-electron chi connectivity index (χ0n) is 14.5. The van der Waals surface area contributed by atoms with Crippen LogP contribution in [0.25, 0.3) is 0 Å². The van der Waals surface area contributed by atoms with Gasteiger partial charge in [-0.25, -0.2) is 0 Å². The van der Waals surface area contributed by atoms with Gasteiger partial charge in [-0.3, -0.25) is 14.4 Å². The van der Waals surface area contributed by atoms with Crippen LogP contribution in [0.3, 0.4) is 0 Å². The van der Waals surface area contributed by atoms with Crippen LogP contribution < -0.4 is 15.0 Å². The minimum atomic E-state index is -0.196. The number of ketones is 1. The second kappa shape index (κ2) is 7.68. The fourth-order valence-corrected chi connectivity index (χ4v) is 3.43. The summed E-state index contributed by atoms with van der Waals surface area (Å²) in [6.07, 6.45) is 5.87. The molecule has 6 nitrogen and oxygen atoms in total. The summed E-state index contributed by atoms with van der Waals surface area (Å²) in [5.74, 6) is 0.266. The topological polar surface area (TPSA) is 75.7 Å². The molecule has 1 aromatic rings. The zero-order valence-corrected chi connectivity index (χ0v) is 14.5. The van der Waals surface area contributed by atoms with E-state index in [4.69, 9.17) is 4.74 Å². The molecular formula is C19H24N2O4. The summed E-state index contributed by atoms with van der Waals surface area (Å²) in [4.78, 5) is 37.6. The molecule has 0 radical (unpaired) electrons. The fraction of sp³-hybridized carbons (Fsp3) is 0.526. The Morgan fingerprint density at radius 3 is 2.72 bits per heavy atom. The first-order valence-electron chi connectivity index (χ1n) is 8.92. The summed E-state index contributed by atoms with van der Waals surface area (Å²) in [7, 11) is 0. The Morgan fingerprint density at radius 1 is 1.24 bits per heavy atom. The van der Waals surface area contributed by atoms with Gasteiger partial charge in [-0.1, -0.05) is 19.3 Å². The average molecular weight is 344 g/mol. The Hall–Kier alpha value is -2.37. The van der Waals surface area contributed by atoms with Gasteiger partial charge in [0.25, 0.3) is 5.91 Å². The van der Waals surface area contributed by atoms with E-state index >= 15 is 0 Å². The number of fused-ring (bicyclic) bond motifs is 1. The molecule has 2 amide bonds. The quantitative estimate of drug-likeness (QED) is 0.833. The van der Waals surface area contributed by atoms with Crippen molar-refractivity contribution >= 4 is 23.3 Å². The predicted octanol–water partition coefficient (Wildman–Crippen LogP) is 2.45. The lowest BCUT2D eigenvalue weighted by Crippen LogP contribution is -2.42. The Morgan fingerprint density at radius 2 is 2.00 bits per heavy atom. The molecule has 1 fully saturated rings. The number of carbonyl (C=O) groups excluding carboxylic acids is 3. The Kier molecular flexibility index (Phi) is 5.36. The van der Waals surface area contributed by atoms with Crippen molar-refractivity contribution in [1.29, 1.82) is 0 Å². The first-order chi connectivity index (χ1) is 12.0. The summed E-state index contributed by atoms with van der Waals surface area (Å²) < 4.78 is 5.43. The number of Topliss-reactive ketones (excluding diaryl/α,β-unsaturated/α-hetero) is 1. The third-order valence-electron chi connectivity index (χ3n) is 4.84. The van der Waals surface area contributed by atoms with Crippen LogP contribution in [0, 0.1) is 0 Å². The van der Waals surface area contributed by atoms with Crippen LogP contribution in [0.1, 0.15) is 55.8 Å². The molecule has 0 spiro atoms. The lowest BCUT2D eigenvalue weighted by atomic mass is 9.95. The average Bonchev–Trinajstić information content (AvgIpc) is 2.61. The molecule has 134 valence electrons. The molecule has 1 aromatic carbocycles. The highest BCUT2D eigenvalue weighted by Gasteiger charge is 2.27. The highest BCUT2D eigenvalue weighted by Crippen LogP contribution is 2.33. The van der Waals surface area contributed by atoms with E-state index in [1.807, 2.05) is 0 Å². The summed E-state index contributed by atoms with van der Waals surface area (Å²) in [5, 5.41) is 3.06. The molecule has 25 heavy (non-hydrogen) atoms. The van der Waals surface area contributed by atoms with Crippen LogP contribution >= 0.6 is 0 Å². The second-order valence-corrected chi connectivity index (χ2v) is 6.73. The number of nitrogens with zero attached hydrogens (tertiary/aromatic N) is 1. The maximum atomic E-state index is 12.2. The van der Waals surface area contributed by atoms with Crippen LogP contribution in [0.2, 0.25) is 0 Å². The first kappa shape index (κ1) is 17.5. The zero-order chi connectivity index (χ0) is 17.8. The van der Waals surface area contributed by atoms with Crippen LogP contribution in [-0.2, 0) is 9.59 Å². The number of benzene rings is 1. The number of nitrogens with one attached hydrogen (secondary N) is 1. The smallest absolute Gasteiger partial charge is 0.265 e. The van der Waals surface area contributed by atoms with Crippen LogP contribution in [-0.4, -0.2) is 36.8 Å². The van der Waals surface area contributed by atoms with Crippen molar-refractivity contribution in [2.75, 3.05) is 18.1 Å². The highest BCUT2D eigenvalue weighted by atomic mass is 16.5. The molecule has 1 N–H and O–H groups in total. The van der Waals surface area contributed by atoms with Gasteiger partial charge in [0.2, 0.25) is 5.91 Å². The van der Waals surface area contributed by atoms with Gasteiger partial charge < -0.3 is 15.0 Å². The fourth-order valence-electron chi connectivity index (χ4n) is 3.43. The lowest BCUT2D eigenvalue weighted by Gasteiger charge is -2.30. The number of anilines is 1. The van der Waals surface area contributed by atoms with E-state index in [2.05, 4.69) is 5.32 Å². The summed E-state index contributed by atoms with van der Waals surface area (Å²) in [5.41, 5.74) is 1.09. The van der Waals surface area contributed by atoms with E-state index in [1.165, 1.54) is 13.3 Å². The molecule has 6 heteroatoms. The summed E-state index contributed by atoms with van der Waals surface area (Å²) in [6.45, 7) is 1.72. The normalized spacial score (nSPS) is 17.6. The minimum absolute atomic E-state index is 0.0320. The van der Waals surface area contributed by atoms with Crippen molar-refractivity contribution in [2.24, 2.45) is 0 Å². The van der Waals surface area contributed by atoms with E-state index < -0.39 is 0 Å². The van der Waals surface area contributed by atoms with Crippen molar-refractivity contribution in [2.45, 2.75) is 51.5 Å². The third kappa shape index (κ3) is 4.18. The van der Waals surface area contributed by atoms with Crippen molar-refractivity contribution < 1.29 is 19.1 Å². The maximum Gasteiger partial charge on any atom is 0.265 e. The molecule has 0 saturated heterocycles. The molecule has 1 aliphatic carbocycles. The molecular weight excluding hydrogens is 320 g/mol. The van der Waals surface area contributed by atoms with Gasteiger partial charge in [-0.05, 0) is 38.0 Å². The highest BCUT2D eigenvalue weighted by molar-refractivity contribution is 6.01. The number of hydrogen-bond donors (Lipinski definition) is 1. The van der Waals surface area contributed by atoms with Crippen LogP contribution in [0.15, 0.2) is 18.2 Å². The SMILES string of the molecule is CC(=O)c1ccc2c(c1)N(CCC(=O)NC1CCCCC1)C(=O)CO2. The van der Waals surface area contributed by atoms with Crippen molar-refractivity contribution in [3.8, 4) is 5.75 Å². The number of carbonyl (C=O) groups is 3. The van der Waals surface area contributed by atoms with Gasteiger partial charge in [0, 0.05) is 24.6 Å². The van der Waals surface area contributed by atoms with E-state index in [1.54, 1.807) is 23.1 Å². The van der Waals surface area contributed by atoms with Crippen molar-refractivity contribution in [3.05, 3.63) is 23.8 Å². The summed E-state index contributed by atoms with van der Waals surface area (Å²) in [6, 6.07) is 5.31. The molecule has 1 aliphatic heterocycles. The van der Waals surface area contributed by atoms with Crippen molar-refractivity contribution in [3.63, 3.8) is 0 Å². The molecule has 1 saturated carbocycles. The Balaban J connectivity index is 1.65. The summed E-state index contributed by atoms with van der Waals surface area (Å²) >= 11 is 0. The molecule has 1 heterocycles. The number of ether oxygens (including phenoxy) is 1. The molecule has 0 atom stereocenters. The molecule has 3 rings (SSSR count). The Labute approximate surface area is 147 Å². The van der Waals surface area contributed by atoms with Gasteiger partial charge in [0.1, 0.15) is 5.75 Å². The van der Waals surface area contributed by atoms with Gasteiger partial charge in [0.05, 0.1) is 5.69 Å². The molecule has 0 bridgehead atoms. The van der Waals surface area contributed by atoms with Gasteiger partial charge >= 0.3 is 0 Å². The largest absolute Gasteiger partial charge is 0.482 e. The second-order valence-electron chi connectivity index (χ2n) is 6.73. The lowest BCUT2D eigenvalue weighted by molar-refractivity contribution is -0.122. The van der Waals surface area contributed by atoms with E-state index in [9.17, 15) is 14.4 Å². The monoisotopic (exact) mass is 344 g/mol. The van der Waals surface area contributed by atoms with Crippen LogP contribution in [0.4, 0.5) is 5.69 Å².